The molecule has 0 saturated carbocycles. The van der Waals surface area contributed by atoms with Crippen molar-refractivity contribution in [1.29, 1.82) is 0 Å². The molecule has 0 aromatic carbocycles. The van der Waals surface area contributed by atoms with E-state index in [-0.39, 0.29) is 5.92 Å². The van der Waals surface area contributed by atoms with Gasteiger partial charge < -0.3 is 10.4 Å². The van der Waals surface area contributed by atoms with Gasteiger partial charge in [0.2, 0.25) is 0 Å². The summed E-state index contributed by atoms with van der Waals surface area (Å²) in [6.07, 6.45) is -8.48. The van der Waals surface area contributed by atoms with Crippen molar-refractivity contribution in [1.82, 2.24) is 10.3 Å². The quantitative estimate of drug-likeness (QED) is 0.781. The zero-order valence-corrected chi connectivity index (χ0v) is 10.3. The van der Waals surface area contributed by atoms with Crippen LogP contribution in [0.15, 0.2) is 18.3 Å². The molecule has 1 fully saturated rings. The Bertz CT molecular complexity index is 479. The molecule has 1 aliphatic rings. The molecule has 10 heteroatoms. The fraction of sp³-hybridized carbons (Fsp3) is 0.455. The summed E-state index contributed by atoms with van der Waals surface area (Å²) in [6, 6.07) is 2.54. The van der Waals surface area contributed by atoms with Gasteiger partial charge in [-0.3, -0.25) is 4.98 Å². The molecule has 0 amide bonds. The number of aromatic nitrogens is 1. The first-order valence-corrected chi connectivity index (χ1v) is 5.56. The fourth-order valence-corrected chi connectivity index (χ4v) is 1.31. The molecule has 0 radical (unpaired) electrons. The number of hydrogen-bond acceptors (Lipinski definition) is 3. The third-order valence-electron chi connectivity index (χ3n) is 2.56. The van der Waals surface area contributed by atoms with Gasteiger partial charge in [-0.15, -0.1) is 0 Å². The van der Waals surface area contributed by atoms with E-state index in [0.29, 0.717) is 0 Å². The zero-order chi connectivity index (χ0) is 16.3. The van der Waals surface area contributed by atoms with Crippen molar-refractivity contribution in [3.05, 3.63) is 29.6 Å². The summed E-state index contributed by atoms with van der Waals surface area (Å²) >= 11 is 0. The van der Waals surface area contributed by atoms with E-state index in [1.165, 1.54) is 6.07 Å². The molecular weight excluding hydrogens is 306 g/mol. The molecule has 0 bridgehead atoms. The molecule has 4 nitrogen and oxygen atoms in total. The summed E-state index contributed by atoms with van der Waals surface area (Å²) in [5, 5.41) is 10.2. The Labute approximate surface area is 114 Å². The van der Waals surface area contributed by atoms with E-state index >= 15 is 0 Å². The number of nitrogens with zero attached hydrogens (tertiary/aromatic N) is 1. The standard InChI is InChI=1S/C9H9F3N2.C2HF3O2/c10-9(11,12)7-1-2-8(14-5-7)6-3-13-4-6;3-2(4,5)1(6)7/h1-2,5-6,13H,3-4H2;(H,6,7). The summed E-state index contributed by atoms with van der Waals surface area (Å²) < 4.78 is 68.2. The number of halogens is 6. The van der Waals surface area contributed by atoms with Gasteiger partial charge in [0.1, 0.15) is 0 Å². The van der Waals surface area contributed by atoms with E-state index in [1.807, 2.05) is 0 Å². The van der Waals surface area contributed by atoms with Crippen LogP contribution in [0.2, 0.25) is 0 Å². The molecule has 2 heterocycles. The number of aliphatic carboxylic acids is 1. The third-order valence-corrected chi connectivity index (χ3v) is 2.56. The van der Waals surface area contributed by atoms with Crippen molar-refractivity contribution < 1.29 is 36.2 Å². The van der Waals surface area contributed by atoms with Gasteiger partial charge in [0.15, 0.2) is 0 Å². The number of carboxylic acids is 1. The molecule has 1 aromatic rings. The van der Waals surface area contributed by atoms with Crippen LogP contribution in [0.3, 0.4) is 0 Å². The summed E-state index contributed by atoms with van der Waals surface area (Å²) in [5.41, 5.74) is 0.0466. The largest absolute Gasteiger partial charge is 0.490 e. The number of nitrogens with one attached hydrogen (secondary N) is 1. The van der Waals surface area contributed by atoms with Crippen LogP contribution < -0.4 is 5.32 Å². The van der Waals surface area contributed by atoms with Gasteiger partial charge in [-0.1, -0.05) is 0 Å². The smallest absolute Gasteiger partial charge is 0.475 e. The molecular formula is C11H10F6N2O2. The van der Waals surface area contributed by atoms with Crippen LogP contribution in [-0.2, 0) is 11.0 Å². The lowest BCUT2D eigenvalue weighted by molar-refractivity contribution is -0.192. The van der Waals surface area contributed by atoms with Crippen LogP contribution in [0.5, 0.6) is 0 Å². The Morgan fingerprint density at radius 2 is 1.71 bits per heavy atom. The minimum absolute atomic E-state index is 0.275. The lowest BCUT2D eigenvalue weighted by Crippen LogP contribution is -2.40. The van der Waals surface area contributed by atoms with Gasteiger partial charge in [-0.05, 0) is 12.1 Å². The summed E-state index contributed by atoms with van der Waals surface area (Å²) in [5.74, 6) is -2.48. The molecule has 1 aromatic heterocycles. The number of carbonyl (C=O) groups is 1. The Morgan fingerprint density at radius 3 is 1.95 bits per heavy atom. The Morgan fingerprint density at radius 1 is 1.19 bits per heavy atom. The van der Waals surface area contributed by atoms with E-state index < -0.39 is 23.9 Å². The van der Waals surface area contributed by atoms with Gasteiger partial charge in [0.05, 0.1) is 5.56 Å². The van der Waals surface area contributed by atoms with Gasteiger partial charge in [0.25, 0.3) is 0 Å². The molecule has 2 rings (SSSR count). The van der Waals surface area contributed by atoms with E-state index in [4.69, 9.17) is 9.90 Å². The van der Waals surface area contributed by atoms with Crippen molar-refractivity contribution in [3.8, 4) is 0 Å². The van der Waals surface area contributed by atoms with E-state index in [2.05, 4.69) is 10.3 Å². The molecule has 1 saturated heterocycles. The van der Waals surface area contributed by atoms with Crippen LogP contribution >= 0.6 is 0 Å². The minimum Gasteiger partial charge on any atom is -0.475 e. The van der Waals surface area contributed by atoms with Gasteiger partial charge >= 0.3 is 18.3 Å². The maximum atomic E-state index is 12.2. The van der Waals surface area contributed by atoms with Crippen LogP contribution in [0.4, 0.5) is 26.3 Å². The maximum Gasteiger partial charge on any atom is 0.490 e. The number of alkyl halides is 6. The second-order valence-electron chi connectivity index (χ2n) is 4.13. The zero-order valence-electron chi connectivity index (χ0n) is 10.3. The Hall–Kier alpha value is -1.84. The third kappa shape index (κ3) is 5.21. The second-order valence-corrected chi connectivity index (χ2v) is 4.13. The van der Waals surface area contributed by atoms with Crippen molar-refractivity contribution >= 4 is 5.97 Å². The first kappa shape index (κ1) is 17.2. The molecule has 2 N–H and O–H groups in total. The van der Waals surface area contributed by atoms with Crippen LogP contribution in [-0.4, -0.2) is 35.3 Å². The predicted octanol–water partition coefficient (Wildman–Crippen LogP) is 2.42. The Kier molecular flexibility index (Phi) is 5.15. The highest BCUT2D eigenvalue weighted by Crippen LogP contribution is 2.29. The normalized spacial score (nSPS) is 15.7. The molecule has 0 spiro atoms. The Balaban J connectivity index is 0.000000270. The summed E-state index contributed by atoms with van der Waals surface area (Å²) in [7, 11) is 0. The summed E-state index contributed by atoms with van der Waals surface area (Å²) in [4.78, 5) is 12.7. The first-order chi connectivity index (χ1) is 9.51. The molecule has 0 unspecified atom stereocenters. The lowest BCUT2D eigenvalue weighted by atomic mass is 9.98. The van der Waals surface area contributed by atoms with E-state index in [1.54, 1.807) is 0 Å². The topological polar surface area (TPSA) is 62.2 Å². The highest BCUT2D eigenvalue weighted by molar-refractivity contribution is 5.73. The average molecular weight is 316 g/mol. The molecule has 0 aliphatic carbocycles. The predicted molar refractivity (Wildman–Crippen MR) is 58.5 cm³/mol. The van der Waals surface area contributed by atoms with Crippen LogP contribution in [0.25, 0.3) is 0 Å². The van der Waals surface area contributed by atoms with Crippen molar-refractivity contribution in [2.45, 2.75) is 18.3 Å². The van der Waals surface area contributed by atoms with Crippen molar-refractivity contribution in [3.63, 3.8) is 0 Å². The van der Waals surface area contributed by atoms with E-state index in [0.717, 1.165) is 31.0 Å². The number of pyridine rings is 1. The SMILES string of the molecule is FC(F)(F)c1ccc(C2CNC2)nc1.O=C(O)C(F)(F)F. The lowest BCUT2D eigenvalue weighted by Gasteiger charge is -2.26. The first-order valence-electron chi connectivity index (χ1n) is 5.56. The van der Waals surface area contributed by atoms with Gasteiger partial charge in [0, 0.05) is 30.9 Å². The number of hydrogen-bond donors (Lipinski definition) is 2. The number of carboxylic acid groups (broad SMARTS) is 1. The second kappa shape index (κ2) is 6.29. The van der Waals surface area contributed by atoms with E-state index in [9.17, 15) is 26.3 Å². The molecule has 21 heavy (non-hydrogen) atoms. The van der Waals surface area contributed by atoms with Crippen LogP contribution in [0, 0.1) is 0 Å². The molecule has 118 valence electrons. The minimum atomic E-state index is -5.08. The van der Waals surface area contributed by atoms with Gasteiger partial charge in [-0.2, -0.15) is 26.3 Å². The summed E-state index contributed by atoms with van der Waals surface area (Å²) in [6.45, 7) is 1.61. The maximum absolute atomic E-state index is 12.2. The monoisotopic (exact) mass is 316 g/mol. The molecule has 1 aliphatic heterocycles. The average Bonchev–Trinajstić information content (AvgIpc) is 2.25. The molecule has 0 atom stereocenters. The van der Waals surface area contributed by atoms with Crippen molar-refractivity contribution in [2.75, 3.05) is 13.1 Å². The highest BCUT2D eigenvalue weighted by atomic mass is 19.4. The highest BCUT2D eigenvalue weighted by Gasteiger charge is 2.38. The fourth-order valence-electron chi connectivity index (χ4n) is 1.31. The van der Waals surface area contributed by atoms with Crippen molar-refractivity contribution in [2.24, 2.45) is 0 Å². The van der Waals surface area contributed by atoms with Gasteiger partial charge in [-0.25, -0.2) is 4.79 Å². The number of rotatable bonds is 1. The van der Waals surface area contributed by atoms with Crippen LogP contribution in [0.1, 0.15) is 17.2 Å².